The van der Waals surface area contributed by atoms with Crippen LogP contribution in [0.2, 0.25) is 0 Å². The number of rotatable bonds is 6. The van der Waals surface area contributed by atoms with Gasteiger partial charge in [-0.15, -0.1) is 36.2 Å². The topological polar surface area (TPSA) is 54.0 Å². The fraction of sp³-hybridized carbons (Fsp3) is 0.556. The van der Waals surface area contributed by atoms with E-state index in [-0.39, 0.29) is 30.7 Å². The van der Waals surface area contributed by atoms with E-state index in [9.17, 15) is 4.79 Å². The van der Waals surface area contributed by atoms with Crippen molar-refractivity contribution in [3.05, 3.63) is 16.6 Å². The average Bonchev–Trinajstić information content (AvgIpc) is 2.67. The van der Waals surface area contributed by atoms with Crippen molar-refractivity contribution in [1.29, 1.82) is 0 Å². The van der Waals surface area contributed by atoms with Crippen molar-refractivity contribution >= 4 is 42.1 Å². The maximum absolute atomic E-state index is 11.2. The Morgan fingerprint density at radius 1 is 1.44 bits per heavy atom. The van der Waals surface area contributed by atoms with Crippen LogP contribution in [0.5, 0.6) is 0 Å². The lowest BCUT2D eigenvalue weighted by molar-refractivity contribution is -0.120. The summed E-state index contributed by atoms with van der Waals surface area (Å²) in [7, 11) is 1.84. The van der Waals surface area contributed by atoms with Gasteiger partial charge in [0.25, 0.3) is 0 Å². The molecule has 1 amide bonds. The molecule has 94 valence electrons. The zero-order valence-corrected chi connectivity index (χ0v) is 11.5. The standard InChI is InChI=1S/C9H15N3OS.2ClH/c1-10-4-3-9(13)11-5-2-8-6-14-7-12-8;;/h6-7,10H,2-5H2,1H3,(H,11,13);2*1H. The molecule has 0 atom stereocenters. The summed E-state index contributed by atoms with van der Waals surface area (Å²) in [5.74, 6) is 0.0922. The van der Waals surface area contributed by atoms with E-state index in [2.05, 4.69) is 15.6 Å². The Kier molecular flexibility index (Phi) is 12.5. The highest BCUT2D eigenvalue weighted by Crippen LogP contribution is 2.00. The van der Waals surface area contributed by atoms with Crippen molar-refractivity contribution in [2.24, 2.45) is 0 Å². The summed E-state index contributed by atoms with van der Waals surface area (Å²) >= 11 is 1.58. The van der Waals surface area contributed by atoms with E-state index in [1.54, 1.807) is 16.8 Å². The third kappa shape index (κ3) is 7.87. The highest BCUT2D eigenvalue weighted by Gasteiger charge is 1.99. The maximum atomic E-state index is 11.2. The molecule has 1 aromatic heterocycles. The van der Waals surface area contributed by atoms with Crippen molar-refractivity contribution in [3.8, 4) is 0 Å². The second-order valence-corrected chi connectivity index (χ2v) is 3.65. The van der Waals surface area contributed by atoms with Gasteiger partial charge in [-0.05, 0) is 7.05 Å². The van der Waals surface area contributed by atoms with Gasteiger partial charge < -0.3 is 10.6 Å². The number of amides is 1. The molecule has 0 aliphatic rings. The zero-order chi connectivity index (χ0) is 10.2. The molecule has 1 heterocycles. The summed E-state index contributed by atoms with van der Waals surface area (Å²) in [6, 6.07) is 0. The van der Waals surface area contributed by atoms with Gasteiger partial charge in [0.05, 0.1) is 11.2 Å². The van der Waals surface area contributed by atoms with Crippen LogP contribution < -0.4 is 10.6 Å². The van der Waals surface area contributed by atoms with Crippen LogP contribution in [-0.2, 0) is 11.2 Å². The Hall–Kier alpha value is -0.360. The molecule has 0 unspecified atom stereocenters. The Morgan fingerprint density at radius 2 is 2.19 bits per heavy atom. The summed E-state index contributed by atoms with van der Waals surface area (Å²) in [6.07, 6.45) is 1.35. The number of nitrogens with zero attached hydrogens (tertiary/aromatic N) is 1. The van der Waals surface area contributed by atoms with Crippen LogP contribution in [0, 0.1) is 0 Å². The molecule has 7 heteroatoms. The monoisotopic (exact) mass is 285 g/mol. The number of carbonyl (C=O) groups is 1. The molecule has 0 radical (unpaired) electrons. The van der Waals surface area contributed by atoms with Gasteiger partial charge in [0.2, 0.25) is 5.91 Å². The smallest absolute Gasteiger partial charge is 0.221 e. The molecule has 0 aromatic carbocycles. The van der Waals surface area contributed by atoms with Gasteiger partial charge in [0, 0.05) is 31.3 Å². The summed E-state index contributed by atoms with van der Waals surface area (Å²) in [6.45, 7) is 1.40. The minimum Gasteiger partial charge on any atom is -0.356 e. The molecule has 1 rings (SSSR count). The summed E-state index contributed by atoms with van der Waals surface area (Å²) < 4.78 is 0. The van der Waals surface area contributed by atoms with E-state index < -0.39 is 0 Å². The first-order chi connectivity index (χ1) is 6.83. The summed E-state index contributed by atoms with van der Waals surface area (Å²) in [5, 5.41) is 7.77. The highest BCUT2D eigenvalue weighted by atomic mass is 35.5. The largest absolute Gasteiger partial charge is 0.356 e. The fourth-order valence-corrected chi connectivity index (χ4v) is 1.61. The molecule has 4 nitrogen and oxygen atoms in total. The van der Waals surface area contributed by atoms with E-state index in [1.807, 2.05) is 12.4 Å². The van der Waals surface area contributed by atoms with Crippen molar-refractivity contribution in [2.75, 3.05) is 20.1 Å². The Balaban J connectivity index is 0. The number of thiazole rings is 1. The van der Waals surface area contributed by atoms with Crippen LogP contribution in [0.1, 0.15) is 12.1 Å². The number of halogens is 2. The quantitative estimate of drug-likeness (QED) is 0.827. The van der Waals surface area contributed by atoms with Gasteiger partial charge in [0.1, 0.15) is 0 Å². The van der Waals surface area contributed by atoms with Gasteiger partial charge in [-0.1, -0.05) is 0 Å². The molecular formula is C9H17Cl2N3OS. The molecular weight excluding hydrogens is 269 g/mol. The first kappa shape index (κ1) is 18.0. The zero-order valence-electron chi connectivity index (χ0n) is 9.06. The number of hydrogen-bond acceptors (Lipinski definition) is 4. The molecule has 0 aliphatic carbocycles. The lowest BCUT2D eigenvalue weighted by Crippen LogP contribution is -2.28. The Morgan fingerprint density at radius 3 is 2.75 bits per heavy atom. The number of carbonyl (C=O) groups excluding carboxylic acids is 1. The normalized spacial score (nSPS) is 8.81. The molecule has 0 saturated heterocycles. The molecule has 0 spiro atoms. The van der Waals surface area contributed by atoms with Crippen LogP contribution in [0.15, 0.2) is 10.9 Å². The minimum atomic E-state index is 0. The van der Waals surface area contributed by atoms with Gasteiger partial charge in [0.15, 0.2) is 0 Å². The number of nitrogens with one attached hydrogen (secondary N) is 2. The lowest BCUT2D eigenvalue weighted by Gasteiger charge is -2.02. The van der Waals surface area contributed by atoms with Crippen molar-refractivity contribution in [3.63, 3.8) is 0 Å². The van der Waals surface area contributed by atoms with Crippen molar-refractivity contribution in [2.45, 2.75) is 12.8 Å². The second kappa shape index (κ2) is 11.1. The second-order valence-electron chi connectivity index (χ2n) is 2.93. The average molecular weight is 286 g/mol. The van der Waals surface area contributed by atoms with Crippen LogP contribution in [-0.4, -0.2) is 31.0 Å². The lowest BCUT2D eigenvalue weighted by atomic mass is 10.3. The molecule has 1 aromatic rings. The molecule has 0 aliphatic heterocycles. The van der Waals surface area contributed by atoms with Gasteiger partial charge in [-0.25, -0.2) is 4.98 Å². The van der Waals surface area contributed by atoms with Crippen LogP contribution in [0.25, 0.3) is 0 Å². The Labute approximate surface area is 112 Å². The predicted octanol–water partition coefficient (Wildman–Crippen LogP) is 1.25. The van der Waals surface area contributed by atoms with E-state index in [1.165, 1.54) is 0 Å². The molecule has 0 bridgehead atoms. The highest BCUT2D eigenvalue weighted by molar-refractivity contribution is 7.07. The van der Waals surface area contributed by atoms with Crippen molar-refractivity contribution in [1.82, 2.24) is 15.6 Å². The fourth-order valence-electron chi connectivity index (χ4n) is 1.02. The van der Waals surface area contributed by atoms with Gasteiger partial charge >= 0.3 is 0 Å². The number of hydrogen-bond donors (Lipinski definition) is 2. The third-order valence-corrected chi connectivity index (χ3v) is 2.42. The first-order valence-electron chi connectivity index (χ1n) is 4.61. The van der Waals surface area contributed by atoms with Crippen LogP contribution in [0.4, 0.5) is 0 Å². The third-order valence-electron chi connectivity index (χ3n) is 1.79. The first-order valence-corrected chi connectivity index (χ1v) is 5.55. The summed E-state index contributed by atoms with van der Waals surface area (Å²) in [5.41, 5.74) is 2.85. The SMILES string of the molecule is CNCCC(=O)NCCc1cscn1.Cl.Cl. The number of aromatic nitrogens is 1. The van der Waals surface area contributed by atoms with E-state index >= 15 is 0 Å². The predicted molar refractivity (Wildman–Crippen MR) is 71.9 cm³/mol. The molecule has 2 N–H and O–H groups in total. The van der Waals surface area contributed by atoms with E-state index in [0.29, 0.717) is 13.0 Å². The van der Waals surface area contributed by atoms with Crippen molar-refractivity contribution < 1.29 is 4.79 Å². The van der Waals surface area contributed by atoms with E-state index in [0.717, 1.165) is 18.7 Å². The minimum absolute atomic E-state index is 0. The van der Waals surface area contributed by atoms with Crippen LogP contribution in [0.3, 0.4) is 0 Å². The van der Waals surface area contributed by atoms with Crippen LogP contribution >= 0.6 is 36.2 Å². The van der Waals surface area contributed by atoms with Gasteiger partial charge in [-0.3, -0.25) is 4.79 Å². The molecule has 0 fully saturated rings. The molecule has 0 saturated carbocycles. The Bertz CT molecular complexity index is 270. The van der Waals surface area contributed by atoms with Gasteiger partial charge in [-0.2, -0.15) is 0 Å². The van der Waals surface area contributed by atoms with E-state index in [4.69, 9.17) is 0 Å². The summed E-state index contributed by atoms with van der Waals surface area (Å²) in [4.78, 5) is 15.3. The maximum Gasteiger partial charge on any atom is 0.221 e. The molecule has 16 heavy (non-hydrogen) atoms.